The normalized spacial score (nSPS) is 14.5. The van der Waals surface area contributed by atoms with Gasteiger partial charge in [-0.3, -0.25) is 24.3 Å². The number of piperidine rings is 1. The van der Waals surface area contributed by atoms with Crippen molar-refractivity contribution in [1.29, 1.82) is 0 Å². The van der Waals surface area contributed by atoms with Gasteiger partial charge in [-0.25, -0.2) is 0 Å². The first kappa shape index (κ1) is 16.8. The van der Waals surface area contributed by atoms with E-state index in [1.807, 2.05) is 18.2 Å². The number of aromatic nitrogens is 1. The lowest BCUT2D eigenvalue weighted by atomic mass is 10.1. The molecule has 1 fully saturated rings. The number of rotatable bonds is 5. The summed E-state index contributed by atoms with van der Waals surface area (Å²) >= 11 is 0. The first-order chi connectivity index (χ1) is 12.1. The van der Waals surface area contributed by atoms with Crippen molar-refractivity contribution in [2.45, 2.75) is 32.1 Å². The highest BCUT2D eigenvalue weighted by molar-refractivity contribution is 6.16. The SMILES string of the molecule is O=C(CCc1ccccn1)Nc1ccc(N2C(=O)CCCC2=O)cc1. The molecule has 3 rings (SSSR count). The molecule has 2 aromatic rings. The van der Waals surface area contributed by atoms with Crippen molar-refractivity contribution in [2.24, 2.45) is 0 Å². The van der Waals surface area contributed by atoms with Crippen molar-refractivity contribution in [3.05, 3.63) is 54.4 Å². The van der Waals surface area contributed by atoms with Gasteiger partial charge >= 0.3 is 0 Å². The van der Waals surface area contributed by atoms with Gasteiger partial charge in [-0.2, -0.15) is 0 Å². The third-order valence-electron chi connectivity index (χ3n) is 4.02. The fourth-order valence-electron chi connectivity index (χ4n) is 2.75. The highest BCUT2D eigenvalue weighted by Crippen LogP contribution is 2.23. The van der Waals surface area contributed by atoms with Crippen molar-refractivity contribution < 1.29 is 14.4 Å². The van der Waals surface area contributed by atoms with E-state index in [4.69, 9.17) is 0 Å². The van der Waals surface area contributed by atoms with Crippen LogP contribution in [0.25, 0.3) is 0 Å². The molecular weight excluding hydrogens is 318 g/mol. The molecule has 6 heteroatoms. The number of carbonyl (C=O) groups is 3. The summed E-state index contributed by atoms with van der Waals surface area (Å²) in [7, 11) is 0. The smallest absolute Gasteiger partial charge is 0.233 e. The van der Waals surface area contributed by atoms with Crippen LogP contribution in [-0.2, 0) is 20.8 Å². The molecule has 128 valence electrons. The van der Waals surface area contributed by atoms with Crippen molar-refractivity contribution in [3.63, 3.8) is 0 Å². The number of nitrogens with one attached hydrogen (secondary N) is 1. The summed E-state index contributed by atoms with van der Waals surface area (Å²) in [6.07, 6.45) is 3.99. The van der Waals surface area contributed by atoms with Crippen molar-refractivity contribution in [2.75, 3.05) is 10.2 Å². The Balaban J connectivity index is 1.58. The lowest BCUT2D eigenvalue weighted by Crippen LogP contribution is -2.40. The third-order valence-corrected chi connectivity index (χ3v) is 4.02. The molecule has 6 nitrogen and oxygen atoms in total. The maximum atomic E-state index is 12.0. The number of aryl methyl sites for hydroxylation is 1. The number of benzene rings is 1. The first-order valence-corrected chi connectivity index (χ1v) is 8.29. The number of pyridine rings is 1. The van der Waals surface area contributed by atoms with Crippen molar-refractivity contribution >= 4 is 29.1 Å². The molecule has 1 N–H and O–H groups in total. The van der Waals surface area contributed by atoms with E-state index < -0.39 is 0 Å². The van der Waals surface area contributed by atoms with Crippen molar-refractivity contribution in [1.82, 2.24) is 4.98 Å². The Morgan fingerprint density at radius 2 is 1.76 bits per heavy atom. The van der Waals surface area contributed by atoms with Crippen LogP contribution in [0.1, 0.15) is 31.4 Å². The molecule has 1 aromatic heterocycles. The number of hydrogen-bond donors (Lipinski definition) is 1. The van der Waals surface area contributed by atoms with Crippen LogP contribution in [0.3, 0.4) is 0 Å². The van der Waals surface area contributed by atoms with E-state index in [-0.39, 0.29) is 17.7 Å². The minimum absolute atomic E-state index is 0.108. The summed E-state index contributed by atoms with van der Waals surface area (Å²) in [6, 6.07) is 12.4. The van der Waals surface area contributed by atoms with E-state index in [2.05, 4.69) is 10.3 Å². The number of imide groups is 1. The van der Waals surface area contributed by atoms with Gasteiger partial charge in [0.15, 0.2) is 0 Å². The summed E-state index contributed by atoms with van der Waals surface area (Å²) in [5.41, 5.74) is 2.04. The van der Waals surface area contributed by atoms with Gasteiger partial charge in [0.1, 0.15) is 0 Å². The second kappa shape index (κ2) is 7.70. The monoisotopic (exact) mass is 337 g/mol. The van der Waals surface area contributed by atoms with Crippen LogP contribution >= 0.6 is 0 Å². The Bertz CT molecular complexity index is 756. The number of carbonyl (C=O) groups excluding carboxylic acids is 3. The predicted octanol–water partition coefficient (Wildman–Crippen LogP) is 2.70. The van der Waals surface area contributed by atoms with Crippen LogP contribution in [0.15, 0.2) is 48.7 Å². The molecule has 1 saturated heterocycles. The molecule has 0 unspecified atom stereocenters. The molecule has 0 spiro atoms. The van der Waals surface area contributed by atoms with E-state index >= 15 is 0 Å². The summed E-state index contributed by atoms with van der Waals surface area (Å²) in [4.78, 5) is 41.3. The van der Waals surface area contributed by atoms with Gasteiger partial charge in [-0.15, -0.1) is 0 Å². The second-order valence-electron chi connectivity index (χ2n) is 5.89. The van der Waals surface area contributed by atoms with Gasteiger partial charge in [0, 0.05) is 36.8 Å². The molecule has 25 heavy (non-hydrogen) atoms. The molecule has 0 aliphatic carbocycles. The third kappa shape index (κ3) is 4.29. The molecule has 0 saturated carbocycles. The number of nitrogens with zero attached hydrogens (tertiary/aromatic N) is 2. The van der Waals surface area contributed by atoms with Gasteiger partial charge in [0.05, 0.1) is 5.69 Å². The van der Waals surface area contributed by atoms with Gasteiger partial charge in [-0.1, -0.05) is 6.07 Å². The second-order valence-corrected chi connectivity index (χ2v) is 5.89. The van der Waals surface area contributed by atoms with Crippen molar-refractivity contribution in [3.8, 4) is 0 Å². The summed E-state index contributed by atoms with van der Waals surface area (Å²) in [6.45, 7) is 0. The van der Waals surface area contributed by atoms with E-state index in [0.29, 0.717) is 43.5 Å². The lowest BCUT2D eigenvalue weighted by molar-refractivity contribution is -0.129. The van der Waals surface area contributed by atoms with Gasteiger partial charge in [0.2, 0.25) is 17.7 Å². The quantitative estimate of drug-likeness (QED) is 0.851. The molecular formula is C19H19N3O3. The molecule has 0 atom stereocenters. The average molecular weight is 337 g/mol. The lowest BCUT2D eigenvalue weighted by Gasteiger charge is -2.24. The predicted molar refractivity (Wildman–Crippen MR) is 94.0 cm³/mol. The van der Waals surface area contributed by atoms with Gasteiger partial charge < -0.3 is 5.32 Å². The van der Waals surface area contributed by atoms with Crippen LogP contribution < -0.4 is 10.2 Å². The fraction of sp³-hybridized carbons (Fsp3) is 0.263. The highest BCUT2D eigenvalue weighted by Gasteiger charge is 2.27. The Kier molecular flexibility index (Phi) is 5.18. The van der Waals surface area contributed by atoms with Crippen LogP contribution in [-0.4, -0.2) is 22.7 Å². The first-order valence-electron chi connectivity index (χ1n) is 8.29. The summed E-state index contributed by atoms with van der Waals surface area (Å²) in [5.74, 6) is -0.463. The van der Waals surface area contributed by atoms with Crippen LogP contribution in [0.5, 0.6) is 0 Å². The van der Waals surface area contributed by atoms with E-state index in [0.717, 1.165) is 5.69 Å². The zero-order valence-electron chi connectivity index (χ0n) is 13.8. The molecule has 3 amide bonds. The zero-order chi connectivity index (χ0) is 17.6. The van der Waals surface area contributed by atoms with Crippen LogP contribution in [0.2, 0.25) is 0 Å². The Hall–Kier alpha value is -3.02. The molecule has 2 heterocycles. The largest absolute Gasteiger partial charge is 0.326 e. The maximum Gasteiger partial charge on any atom is 0.233 e. The van der Waals surface area contributed by atoms with Crippen LogP contribution in [0, 0.1) is 0 Å². The standard InChI is InChI=1S/C19H19N3O3/c23-17(12-9-14-4-1-2-13-20-14)21-15-7-10-16(11-8-15)22-18(24)5-3-6-19(22)25/h1-2,4,7-8,10-11,13H,3,5-6,9,12H2,(H,21,23). The minimum atomic E-state index is -0.177. The molecule has 0 bridgehead atoms. The van der Waals surface area contributed by atoms with E-state index in [1.165, 1.54) is 4.90 Å². The molecule has 1 aromatic carbocycles. The Labute approximate surface area is 145 Å². The van der Waals surface area contributed by atoms with E-state index in [1.54, 1.807) is 30.5 Å². The minimum Gasteiger partial charge on any atom is -0.326 e. The number of anilines is 2. The Morgan fingerprint density at radius 1 is 1.04 bits per heavy atom. The van der Waals surface area contributed by atoms with Crippen LogP contribution in [0.4, 0.5) is 11.4 Å². The van der Waals surface area contributed by atoms with Gasteiger partial charge in [0.25, 0.3) is 0 Å². The van der Waals surface area contributed by atoms with E-state index in [9.17, 15) is 14.4 Å². The maximum absolute atomic E-state index is 12.0. The highest BCUT2D eigenvalue weighted by atomic mass is 16.2. The average Bonchev–Trinajstić information content (AvgIpc) is 2.62. The topological polar surface area (TPSA) is 79.4 Å². The zero-order valence-corrected chi connectivity index (χ0v) is 13.8. The fourth-order valence-corrected chi connectivity index (χ4v) is 2.75. The molecule has 0 radical (unpaired) electrons. The van der Waals surface area contributed by atoms with Gasteiger partial charge in [-0.05, 0) is 49.2 Å². The summed E-state index contributed by atoms with van der Waals surface area (Å²) < 4.78 is 0. The number of hydrogen-bond acceptors (Lipinski definition) is 4. The Morgan fingerprint density at radius 3 is 2.40 bits per heavy atom. The molecule has 1 aliphatic rings. The summed E-state index contributed by atoms with van der Waals surface area (Å²) in [5, 5.41) is 2.81. The molecule has 1 aliphatic heterocycles. The number of amides is 3.